The van der Waals surface area contributed by atoms with Gasteiger partial charge in [0.25, 0.3) is 10.0 Å². The van der Waals surface area contributed by atoms with Crippen molar-refractivity contribution in [3.05, 3.63) is 47.5 Å². The zero-order chi connectivity index (χ0) is 19.1. The number of amides is 2. The highest BCUT2D eigenvalue weighted by atomic mass is 32.2. The van der Waals surface area contributed by atoms with E-state index in [9.17, 15) is 18.0 Å². The lowest BCUT2D eigenvalue weighted by Crippen LogP contribution is -2.28. The molecular weight excluding hydrogens is 354 g/mol. The molecule has 1 aliphatic heterocycles. The zero-order valence-corrected chi connectivity index (χ0v) is 15.4. The minimum Gasteiger partial charge on any atom is -0.324 e. The summed E-state index contributed by atoms with van der Waals surface area (Å²) in [6, 6.07) is 9.66. The van der Waals surface area contributed by atoms with Crippen LogP contribution in [0.15, 0.2) is 41.3 Å². The summed E-state index contributed by atoms with van der Waals surface area (Å²) >= 11 is 0. The van der Waals surface area contributed by atoms with Gasteiger partial charge in [-0.15, -0.1) is 0 Å². The summed E-state index contributed by atoms with van der Waals surface area (Å²) in [6.45, 7) is 5.17. The minimum atomic E-state index is -3.86. The van der Waals surface area contributed by atoms with Crippen molar-refractivity contribution in [2.24, 2.45) is 5.92 Å². The van der Waals surface area contributed by atoms with Crippen LogP contribution < -0.4 is 15.4 Å². The van der Waals surface area contributed by atoms with Crippen LogP contribution >= 0.6 is 0 Å². The van der Waals surface area contributed by atoms with Crippen LogP contribution in [0.1, 0.15) is 18.1 Å². The maximum Gasteiger partial charge on any atom is 0.261 e. The van der Waals surface area contributed by atoms with Crippen LogP contribution in [0.5, 0.6) is 0 Å². The largest absolute Gasteiger partial charge is 0.324 e. The summed E-state index contributed by atoms with van der Waals surface area (Å²) in [6.07, 6.45) is 0. The van der Waals surface area contributed by atoms with E-state index in [0.29, 0.717) is 11.4 Å². The van der Waals surface area contributed by atoms with E-state index < -0.39 is 27.8 Å². The molecule has 0 fully saturated rings. The van der Waals surface area contributed by atoms with E-state index in [1.807, 2.05) is 26.0 Å². The van der Waals surface area contributed by atoms with E-state index in [0.717, 1.165) is 11.1 Å². The highest BCUT2D eigenvalue weighted by molar-refractivity contribution is 7.92. The molecule has 26 heavy (non-hydrogen) atoms. The number of carbonyl (C=O) groups excluding carboxylic acids is 2. The number of hydrogen-bond acceptors (Lipinski definition) is 4. The average Bonchev–Trinajstić information content (AvgIpc) is 2.68. The van der Waals surface area contributed by atoms with Gasteiger partial charge in [-0.2, -0.15) is 0 Å². The SMILES string of the molecule is Cc1ccc(C)c(NS(=O)(=O)c2ccc3c(c2)NC(=O)C(C)C(=O)N3)c1. The molecule has 8 heteroatoms. The first-order chi connectivity index (χ1) is 12.2. The van der Waals surface area contributed by atoms with Crippen LogP contribution in [0.3, 0.4) is 0 Å². The highest BCUT2D eigenvalue weighted by Gasteiger charge is 2.28. The van der Waals surface area contributed by atoms with Crippen molar-refractivity contribution in [3.8, 4) is 0 Å². The molecule has 1 atom stereocenters. The fourth-order valence-corrected chi connectivity index (χ4v) is 3.70. The fourth-order valence-electron chi connectivity index (χ4n) is 2.55. The van der Waals surface area contributed by atoms with E-state index in [-0.39, 0.29) is 10.6 Å². The summed E-state index contributed by atoms with van der Waals surface area (Å²) in [5.41, 5.74) is 2.82. The quantitative estimate of drug-likeness (QED) is 0.719. The number of aryl methyl sites for hydroxylation is 2. The molecule has 3 rings (SSSR count). The van der Waals surface area contributed by atoms with Crippen molar-refractivity contribution in [2.45, 2.75) is 25.7 Å². The number of hydrogen-bond donors (Lipinski definition) is 3. The number of sulfonamides is 1. The van der Waals surface area contributed by atoms with E-state index >= 15 is 0 Å². The van der Waals surface area contributed by atoms with Gasteiger partial charge in [-0.3, -0.25) is 14.3 Å². The Kier molecular flexibility index (Phi) is 4.45. The third-order valence-electron chi connectivity index (χ3n) is 4.24. The van der Waals surface area contributed by atoms with E-state index in [1.165, 1.54) is 25.1 Å². The maximum absolute atomic E-state index is 12.7. The Hall–Kier alpha value is -2.87. The molecule has 0 saturated carbocycles. The first kappa shape index (κ1) is 17.9. The molecule has 0 bridgehead atoms. The average molecular weight is 373 g/mol. The van der Waals surface area contributed by atoms with Gasteiger partial charge in [0.05, 0.1) is 22.0 Å². The Labute approximate surface area is 151 Å². The Morgan fingerprint density at radius 1 is 0.923 bits per heavy atom. The van der Waals surface area contributed by atoms with Gasteiger partial charge in [-0.1, -0.05) is 12.1 Å². The summed E-state index contributed by atoms with van der Waals surface area (Å²) in [5, 5.41) is 5.19. The molecule has 3 N–H and O–H groups in total. The normalized spacial score (nSPS) is 17.0. The Morgan fingerprint density at radius 2 is 1.58 bits per heavy atom. The third-order valence-corrected chi connectivity index (χ3v) is 5.60. The molecule has 0 spiro atoms. The molecular formula is C18H19N3O4S. The third kappa shape index (κ3) is 3.41. The van der Waals surface area contributed by atoms with Crippen molar-refractivity contribution in [1.82, 2.24) is 0 Å². The van der Waals surface area contributed by atoms with Gasteiger partial charge in [-0.05, 0) is 56.2 Å². The summed E-state index contributed by atoms with van der Waals surface area (Å²) in [4.78, 5) is 23.8. The van der Waals surface area contributed by atoms with Crippen LogP contribution in [0, 0.1) is 19.8 Å². The summed E-state index contributed by atoms with van der Waals surface area (Å²) < 4.78 is 28.0. The molecule has 0 aromatic heterocycles. The molecule has 7 nitrogen and oxygen atoms in total. The lowest BCUT2D eigenvalue weighted by molar-refractivity contribution is -0.128. The molecule has 2 amide bonds. The van der Waals surface area contributed by atoms with Gasteiger partial charge in [0.1, 0.15) is 5.92 Å². The van der Waals surface area contributed by atoms with Gasteiger partial charge in [0.15, 0.2) is 0 Å². The van der Waals surface area contributed by atoms with Crippen molar-refractivity contribution in [1.29, 1.82) is 0 Å². The molecule has 1 heterocycles. The number of benzene rings is 2. The van der Waals surface area contributed by atoms with Gasteiger partial charge in [0, 0.05) is 0 Å². The van der Waals surface area contributed by atoms with Gasteiger partial charge in [0.2, 0.25) is 11.8 Å². The smallest absolute Gasteiger partial charge is 0.261 e. The second kappa shape index (κ2) is 6.45. The van der Waals surface area contributed by atoms with Crippen molar-refractivity contribution < 1.29 is 18.0 Å². The van der Waals surface area contributed by atoms with E-state index in [2.05, 4.69) is 15.4 Å². The standard InChI is InChI=1S/C18H19N3O4S/c1-10-4-5-11(2)15(8-10)21-26(24,25)13-6-7-14-16(9-13)20-18(23)12(3)17(22)19-14/h4-9,12,21H,1-3H3,(H,19,22)(H,20,23). The van der Waals surface area contributed by atoms with Gasteiger partial charge in [-0.25, -0.2) is 8.42 Å². The predicted octanol–water partition coefficient (Wildman–Crippen LogP) is 2.63. The summed E-state index contributed by atoms with van der Waals surface area (Å²) in [5.74, 6) is -1.79. The summed E-state index contributed by atoms with van der Waals surface area (Å²) in [7, 11) is -3.86. The zero-order valence-electron chi connectivity index (χ0n) is 14.6. The maximum atomic E-state index is 12.7. The fraction of sp³-hybridized carbons (Fsp3) is 0.222. The highest BCUT2D eigenvalue weighted by Crippen LogP contribution is 2.30. The first-order valence-corrected chi connectivity index (χ1v) is 9.51. The second-order valence-corrected chi connectivity index (χ2v) is 8.01. The molecule has 1 aliphatic rings. The van der Waals surface area contributed by atoms with Crippen LogP contribution in [0.4, 0.5) is 17.1 Å². The Bertz CT molecular complexity index is 1020. The van der Waals surface area contributed by atoms with Crippen molar-refractivity contribution in [2.75, 3.05) is 15.4 Å². The number of anilines is 3. The van der Waals surface area contributed by atoms with Gasteiger partial charge < -0.3 is 10.6 Å². The predicted molar refractivity (Wildman–Crippen MR) is 99.6 cm³/mol. The minimum absolute atomic E-state index is 0.0127. The lowest BCUT2D eigenvalue weighted by Gasteiger charge is -2.13. The molecule has 136 valence electrons. The molecule has 2 aromatic carbocycles. The van der Waals surface area contributed by atoms with E-state index in [4.69, 9.17) is 0 Å². The molecule has 0 aliphatic carbocycles. The lowest BCUT2D eigenvalue weighted by atomic mass is 10.1. The van der Waals surface area contributed by atoms with Crippen LogP contribution in [0.25, 0.3) is 0 Å². The monoisotopic (exact) mass is 373 g/mol. The molecule has 0 saturated heterocycles. The number of rotatable bonds is 3. The van der Waals surface area contributed by atoms with Gasteiger partial charge >= 0.3 is 0 Å². The molecule has 0 radical (unpaired) electrons. The van der Waals surface area contributed by atoms with Crippen molar-refractivity contribution >= 4 is 38.9 Å². The molecule has 1 unspecified atom stereocenters. The second-order valence-electron chi connectivity index (χ2n) is 6.33. The number of fused-ring (bicyclic) bond motifs is 1. The Balaban J connectivity index is 1.97. The van der Waals surface area contributed by atoms with Crippen LogP contribution in [-0.4, -0.2) is 20.2 Å². The number of carbonyl (C=O) groups is 2. The topological polar surface area (TPSA) is 104 Å². The van der Waals surface area contributed by atoms with Crippen LogP contribution in [0.2, 0.25) is 0 Å². The van der Waals surface area contributed by atoms with Crippen molar-refractivity contribution in [3.63, 3.8) is 0 Å². The molecule has 2 aromatic rings. The van der Waals surface area contributed by atoms with E-state index in [1.54, 1.807) is 6.07 Å². The first-order valence-electron chi connectivity index (χ1n) is 8.03. The van der Waals surface area contributed by atoms with Crippen LogP contribution in [-0.2, 0) is 19.6 Å². The Morgan fingerprint density at radius 3 is 2.27 bits per heavy atom. The number of nitrogens with one attached hydrogen (secondary N) is 3.